The third-order valence-corrected chi connectivity index (χ3v) is 8.46. The Hall–Kier alpha value is -0.520. The molecule has 27 heavy (non-hydrogen) atoms. The molecule has 0 aromatic carbocycles. The normalized spacial score (nSPS) is 38.6. The zero-order valence-electron chi connectivity index (χ0n) is 18.4. The smallest absolute Gasteiger partial charge is 0.0233 e. The molecule has 0 saturated heterocycles. The van der Waals surface area contributed by atoms with Crippen molar-refractivity contribution in [1.29, 1.82) is 0 Å². The molecule has 0 radical (unpaired) electrons. The molecule has 0 bridgehead atoms. The van der Waals surface area contributed by atoms with Gasteiger partial charge in [0.1, 0.15) is 0 Å². The van der Waals surface area contributed by atoms with Gasteiger partial charge >= 0.3 is 0 Å². The zero-order valence-corrected chi connectivity index (χ0v) is 18.4. The lowest BCUT2D eigenvalue weighted by Crippen LogP contribution is -2.25. The molecule has 3 rings (SSSR count). The van der Waals surface area contributed by atoms with E-state index in [2.05, 4.69) is 38.2 Å². The molecule has 0 N–H and O–H groups in total. The number of hydrogen-bond donors (Lipinski definition) is 0. The van der Waals surface area contributed by atoms with Gasteiger partial charge in [0.05, 0.1) is 0 Å². The lowest BCUT2D eigenvalue weighted by molar-refractivity contribution is 0.143. The van der Waals surface area contributed by atoms with Crippen molar-refractivity contribution < 1.29 is 0 Å². The van der Waals surface area contributed by atoms with Gasteiger partial charge in [-0.05, 0) is 107 Å². The van der Waals surface area contributed by atoms with Crippen molar-refractivity contribution in [2.75, 3.05) is 0 Å². The summed E-state index contributed by atoms with van der Waals surface area (Å²) < 4.78 is 0. The van der Waals surface area contributed by atoms with Crippen molar-refractivity contribution in [2.24, 2.45) is 35.5 Å². The summed E-state index contributed by atoms with van der Waals surface area (Å²) in [6.45, 7) is 4.55. The van der Waals surface area contributed by atoms with Crippen LogP contribution in [0.25, 0.3) is 0 Å². The van der Waals surface area contributed by atoms with Gasteiger partial charge in [-0.15, -0.1) is 0 Å². The molecule has 0 heterocycles. The van der Waals surface area contributed by atoms with Gasteiger partial charge in [-0.3, -0.25) is 0 Å². The molecular formula is C27H46. The van der Waals surface area contributed by atoms with Crippen LogP contribution in [0, 0.1) is 35.5 Å². The van der Waals surface area contributed by atoms with E-state index in [1.54, 1.807) is 25.7 Å². The van der Waals surface area contributed by atoms with Crippen LogP contribution in [0.4, 0.5) is 0 Å². The molecule has 3 fully saturated rings. The molecule has 0 nitrogen and oxygen atoms in total. The minimum Gasteiger partial charge on any atom is -0.0914 e. The van der Waals surface area contributed by atoms with Crippen LogP contribution in [0.1, 0.15) is 110 Å². The second-order valence-corrected chi connectivity index (χ2v) is 10.2. The summed E-state index contributed by atoms with van der Waals surface area (Å²) in [5.41, 5.74) is 0. The summed E-state index contributed by atoms with van der Waals surface area (Å²) >= 11 is 0. The number of allylic oxidation sites excluding steroid dienone is 4. The summed E-state index contributed by atoms with van der Waals surface area (Å²) in [4.78, 5) is 0. The molecule has 0 amide bonds. The third kappa shape index (κ3) is 6.79. The fourth-order valence-corrected chi connectivity index (χ4v) is 6.44. The lowest BCUT2D eigenvalue weighted by atomic mass is 9.68. The van der Waals surface area contributed by atoms with Crippen molar-refractivity contribution in [2.45, 2.75) is 110 Å². The monoisotopic (exact) mass is 370 g/mol. The molecule has 0 aromatic rings. The maximum atomic E-state index is 2.57. The van der Waals surface area contributed by atoms with E-state index >= 15 is 0 Å². The van der Waals surface area contributed by atoms with Gasteiger partial charge in [0, 0.05) is 0 Å². The molecule has 3 aliphatic rings. The van der Waals surface area contributed by atoms with Crippen LogP contribution in [0.2, 0.25) is 0 Å². The summed E-state index contributed by atoms with van der Waals surface area (Å²) in [6.07, 6.45) is 31.9. The van der Waals surface area contributed by atoms with Crippen LogP contribution in [0.5, 0.6) is 0 Å². The van der Waals surface area contributed by atoms with Crippen molar-refractivity contribution in [3.05, 3.63) is 24.3 Å². The first-order chi connectivity index (χ1) is 13.3. The summed E-state index contributed by atoms with van der Waals surface area (Å²) in [5, 5.41) is 0. The van der Waals surface area contributed by atoms with Crippen molar-refractivity contribution in [3.8, 4) is 0 Å². The Morgan fingerprint density at radius 1 is 0.630 bits per heavy atom. The van der Waals surface area contributed by atoms with E-state index in [-0.39, 0.29) is 0 Å². The topological polar surface area (TPSA) is 0 Å². The van der Waals surface area contributed by atoms with Gasteiger partial charge in [-0.25, -0.2) is 0 Å². The van der Waals surface area contributed by atoms with Gasteiger partial charge in [0.2, 0.25) is 0 Å². The standard InChI is InChI=1S/C27H46/c1-3-7-23-10-12-24(13-11-23)8-5-6-9-25-16-20-27(21-17-25)26-18-14-22(4-2)15-19-26/h3,5,7-8,22-27H,4,6,9-21H2,1-2H3/b7-3+,8-5+/t22-,23-,24-,25?,26-,27?. The second-order valence-electron chi connectivity index (χ2n) is 10.2. The van der Waals surface area contributed by atoms with E-state index in [9.17, 15) is 0 Å². The molecule has 0 unspecified atom stereocenters. The number of rotatable bonds is 7. The third-order valence-electron chi connectivity index (χ3n) is 8.46. The first kappa shape index (κ1) is 21.2. The van der Waals surface area contributed by atoms with E-state index < -0.39 is 0 Å². The fraction of sp³-hybridized carbons (Fsp3) is 0.852. The van der Waals surface area contributed by atoms with Gasteiger partial charge in [-0.1, -0.05) is 63.3 Å². The minimum absolute atomic E-state index is 0.867. The van der Waals surface area contributed by atoms with E-state index in [0.29, 0.717) is 0 Å². The zero-order chi connectivity index (χ0) is 18.9. The first-order valence-corrected chi connectivity index (χ1v) is 12.6. The molecule has 154 valence electrons. The maximum absolute atomic E-state index is 2.57. The summed E-state index contributed by atoms with van der Waals surface area (Å²) in [7, 11) is 0. The largest absolute Gasteiger partial charge is 0.0914 e. The van der Waals surface area contributed by atoms with Crippen LogP contribution < -0.4 is 0 Å². The minimum atomic E-state index is 0.867. The molecule has 0 spiro atoms. The quantitative estimate of drug-likeness (QED) is 0.393. The predicted molar refractivity (Wildman–Crippen MR) is 120 cm³/mol. The Kier molecular flexibility index (Phi) is 9.01. The second kappa shape index (κ2) is 11.5. The molecule has 3 aliphatic carbocycles. The molecule has 0 atom stereocenters. The molecule has 3 saturated carbocycles. The molecule has 0 aliphatic heterocycles. The highest BCUT2D eigenvalue weighted by atomic mass is 14.4. The van der Waals surface area contributed by atoms with Crippen LogP contribution in [-0.4, -0.2) is 0 Å². The fourth-order valence-electron chi connectivity index (χ4n) is 6.44. The average molecular weight is 371 g/mol. The SMILES string of the molecule is C/C=C/[C@H]1CC[C@H](/C=C/CCC2CCC([C@H]3CC[C@H](CC)CC3)CC2)CC1. The summed E-state index contributed by atoms with van der Waals surface area (Å²) in [6, 6.07) is 0. The van der Waals surface area contributed by atoms with Gasteiger partial charge < -0.3 is 0 Å². The van der Waals surface area contributed by atoms with E-state index in [4.69, 9.17) is 0 Å². The van der Waals surface area contributed by atoms with Crippen molar-refractivity contribution >= 4 is 0 Å². The Bertz CT molecular complexity index is 435. The number of hydrogen-bond acceptors (Lipinski definition) is 0. The first-order valence-electron chi connectivity index (χ1n) is 12.6. The maximum Gasteiger partial charge on any atom is -0.0233 e. The Balaban J connectivity index is 1.27. The Morgan fingerprint density at radius 3 is 1.67 bits per heavy atom. The summed E-state index contributed by atoms with van der Waals surface area (Å²) in [5.74, 6) is 6.01. The Morgan fingerprint density at radius 2 is 1.15 bits per heavy atom. The van der Waals surface area contributed by atoms with Gasteiger partial charge in [0.25, 0.3) is 0 Å². The van der Waals surface area contributed by atoms with E-state index in [1.807, 2.05) is 0 Å². The van der Waals surface area contributed by atoms with E-state index in [1.165, 1.54) is 70.6 Å². The van der Waals surface area contributed by atoms with Gasteiger partial charge in [-0.2, -0.15) is 0 Å². The molecule has 0 heteroatoms. The highest BCUT2D eigenvalue weighted by molar-refractivity contribution is 4.95. The van der Waals surface area contributed by atoms with Crippen LogP contribution in [0.3, 0.4) is 0 Å². The Labute approximate surface area is 170 Å². The molecule has 0 aromatic heterocycles. The highest BCUT2D eigenvalue weighted by Crippen LogP contribution is 2.42. The molecular weight excluding hydrogens is 324 g/mol. The van der Waals surface area contributed by atoms with Crippen LogP contribution >= 0.6 is 0 Å². The van der Waals surface area contributed by atoms with Crippen molar-refractivity contribution in [3.63, 3.8) is 0 Å². The van der Waals surface area contributed by atoms with Crippen LogP contribution in [-0.2, 0) is 0 Å². The van der Waals surface area contributed by atoms with E-state index in [0.717, 1.165) is 35.5 Å². The predicted octanol–water partition coefficient (Wildman–Crippen LogP) is 8.73. The lowest BCUT2D eigenvalue weighted by Gasteiger charge is -2.37. The van der Waals surface area contributed by atoms with Gasteiger partial charge in [0.15, 0.2) is 0 Å². The van der Waals surface area contributed by atoms with Crippen LogP contribution in [0.15, 0.2) is 24.3 Å². The average Bonchev–Trinajstić information content (AvgIpc) is 2.73. The highest BCUT2D eigenvalue weighted by Gasteiger charge is 2.30. The van der Waals surface area contributed by atoms with Crippen molar-refractivity contribution in [1.82, 2.24) is 0 Å².